The summed E-state index contributed by atoms with van der Waals surface area (Å²) in [6.07, 6.45) is 0. The molecule has 26 rings (SSSR count). The average molecular weight is 1540 g/mol. The molecular formula is C120H74N2. The van der Waals surface area contributed by atoms with Crippen molar-refractivity contribution in [1.82, 2.24) is 9.13 Å². The second-order valence-electron chi connectivity index (χ2n) is 32.8. The van der Waals surface area contributed by atoms with E-state index in [0.29, 0.717) is 0 Å². The first-order valence-electron chi connectivity index (χ1n) is 42.3. The van der Waals surface area contributed by atoms with Crippen molar-refractivity contribution in [3.8, 4) is 78.1 Å². The molecule has 0 fully saturated rings. The van der Waals surface area contributed by atoms with Crippen LogP contribution < -0.4 is 0 Å². The fourth-order valence-corrected chi connectivity index (χ4v) is 20.7. The zero-order valence-corrected chi connectivity index (χ0v) is 66.6. The van der Waals surface area contributed by atoms with Crippen LogP contribution in [-0.4, -0.2) is 9.13 Å². The topological polar surface area (TPSA) is 9.86 Å². The third-order valence-corrected chi connectivity index (χ3v) is 26.2. The van der Waals surface area contributed by atoms with Crippen LogP contribution in [0, 0.1) is 0 Å². The smallest absolute Gasteiger partial charge is 0.0547 e. The maximum Gasteiger partial charge on any atom is 0.0547 e. The van der Waals surface area contributed by atoms with Gasteiger partial charge in [0.2, 0.25) is 0 Å². The summed E-state index contributed by atoms with van der Waals surface area (Å²) in [7, 11) is 0. The van der Waals surface area contributed by atoms with Crippen LogP contribution in [0.25, 0.3) is 251 Å². The lowest BCUT2D eigenvalue weighted by Crippen LogP contribution is -1.95. The molecular weight excluding hydrogens is 1470 g/mol. The molecule has 24 aromatic carbocycles. The number of hydrogen-bond acceptors (Lipinski definition) is 0. The highest BCUT2D eigenvalue weighted by molar-refractivity contribution is 6.31. The fraction of sp³-hybridized carbons (Fsp3) is 0. The van der Waals surface area contributed by atoms with Crippen molar-refractivity contribution < 1.29 is 0 Å². The summed E-state index contributed by atoms with van der Waals surface area (Å²) >= 11 is 0. The van der Waals surface area contributed by atoms with Gasteiger partial charge in [0.1, 0.15) is 0 Å². The van der Waals surface area contributed by atoms with Crippen molar-refractivity contribution in [3.05, 3.63) is 449 Å². The van der Waals surface area contributed by atoms with E-state index in [2.05, 4.69) is 458 Å². The summed E-state index contributed by atoms with van der Waals surface area (Å²) in [6.45, 7) is 0. The second kappa shape index (κ2) is 27.8. The molecule has 0 spiro atoms. The van der Waals surface area contributed by atoms with Gasteiger partial charge in [0.25, 0.3) is 0 Å². The van der Waals surface area contributed by atoms with Crippen LogP contribution in [-0.2, 0) is 0 Å². The van der Waals surface area contributed by atoms with Gasteiger partial charge in [-0.2, -0.15) is 0 Å². The quantitative estimate of drug-likeness (QED) is 0.134. The van der Waals surface area contributed by atoms with Gasteiger partial charge in [0, 0.05) is 32.9 Å². The monoisotopic (exact) mass is 1540 g/mol. The summed E-state index contributed by atoms with van der Waals surface area (Å²) in [6, 6.07) is 166. The van der Waals surface area contributed by atoms with Gasteiger partial charge >= 0.3 is 0 Å². The van der Waals surface area contributed by atoms with Gasteiger partial charge in [-0.3, -0.25) is 0 Å². The molecule has 0 aliphatic heterocycles. The Bertz CT molecular complexity index is 8680. The zero-order valence-electron chi connectivity index (χ0n) is 66.6. The maximum atomic E-state index is 2.46. The summed E-state index contributed by atoms with van der Waals surface area (Å²) < 4.78 is 4.92. The third-order valence-electron chi connectivity index (χ3n) is 26.2. The Morgan fingerprint density at radius 1 is 0.123 bits per heavy atom. The number of aromatic nitrogens is 2. The van der Waals surface area contributed by atoms with E-state index in [1.807, 2.05) is 0 Å². The molecule has 0 aliphatic rings. The van der Waals surface area contributed by atoms with Crippen LogP contribution in [0.5, 0.6) is 0 Å². The molecule has 0 saturated carbocycles. The highest BCUT2D eigenvalue weighted by atomic mass is 15.0. The van der Waals surface area contributed by atoms with Gasteiger partial charge < -0.3 is 9.13 Å². The molecule has 122 heavy (non-hydrogen) atoms. The minimum atomic E-state index is 1.15. The Hall–Kier alpha value is -16.0. The predicted octanol–water partition coefficient (Wildman–Crippen LogP) is 33.4. The number of benzene rings is 24. The van der Waals surface area contributed by atoms with E-state index in [1.54, 1.807) is 0 Å². The molecule has 2 heterocycles. The van der Waals surface area contributed by atoms with Crippen molar-refractivity contribution >= 4 is 173 Å². The normalized spacial score (nSPS) is 11.9. The largest absolute Gasteiger partial charge is 0.309 e. The zero-order chi connectivity index (χ0) is 80.0. The molecule has 564 valence electrons. The van der Waals surface area contributed by atoms with Crippen molar-refractivity contribution in [2.45, 2.75) is 0 Å². The first-order valence-corrected chi connectivity index (χ1v) is 42.3. The molecule has 0 unspecified atom stereocenters. The Balaban J connectivity index is 0.000000134. The number of nitrogens with zero attached hydrogens (tertiary/aromatic N) is 2. The van der Waals surface area contributed by atoms with Gasteiger partial charge in [-0.15, -0.1) is 0 Å². The van der Waals surface area contributed by atoms with Gasteiger partial charge in [-0.25, -0.2) is 0 Å². The maximum absolute atomic E-state index is 2.46. The van der Waals surface area contributed by atoms with Crippen molar-refractivity contribution in [2.75, 3.05) is 0 Å². The number of rotatable bonds is 8. The van der Waals surface area contributed by atoms with Crippen molar-refractivity contribution in [3.63, 3.8) is 0 Å². The Morgan fingerprint density at radius 2 is 0.361 bits per heavy atom. The fourth-order valence-electron chi connectivity index (χ4n) is 20.7. The van der Waals surface area contributed by atoms with Gasteiger partial charge in [-0.1, -0.05) is 370 Å². The summed E-state index contributed by atoms with van der Waals surface area (Å²) in [5.41, 5.74) is 21.9. The van der Waals surface area contributed by atoms with Crippen LogP contribution in [0.1, 0.15) is 0 Å². The van der Waals surface area contributed by atoms with Gasteiger partial charge in [0.05, 0.1) is 22.1 Å². The minimum absolute atomic E-state index is 1.15. The van der Waals surface area contributed by atoms with Crippen LogP contribution in [0.3, 0.4) is 0 Å². The lowest BCUT2D eigenvalue weighted by molar-refractivity contribution is 1.18. The van der Waals surface area contributed by atoms with Gasteiger partial charge in [-0.05, 0) is 275 Å². The van der Waals surface area contributed by atoms with E-state index in [4.69, 9.17) is 0 Å². The predicted molar refractivity (Wildman–Crippen MR) is 524 cm³/mol. The molecule has 0 atom stereocenters. The summed E-state index contributed by atoms with van der Waals surface area (Å²) in [5.74, 6) is 0. The molecule has 0 N–H and O–H groups in total. The Kier molecular flexibility index (Phi) is 15.8. The molecule has 2 heteroatoms. The highest BCUT2D eigenvalue weighted by Gasteiger charge is 2.25. The number of hydrogen-bond donors (Lipinski definition) is 0. The highest BCUT2D eigenvalue weighted by Crippen LogP contribution is 2.51. The SMILES string of the molecule is c1ccc2cc(-c3c4ccccc4c(-c4ccc(-n5c6ccc7ccccc7c6c6c7ccccc7ccc65)cc4)c4ccc(-c5cccc6ccccc56)cc34)ccc2c1.c1ccc2cc(-c3ccc4c(-c5ccc(-n6c7ccc8ccccc8c7c7c8ccccc8ccc76)cc5)c5ccccc5c(-c5ccc6ccccc6c5)c4c3)ccc2c1. The molecule has 0 amide bonds. The first-order chi connectivity index (χ1) is 60.5. The Labute approximate surface area is 704 Å². The van der Waals surface area contributed by atoms with E-state index in [0.717, 1.165) is 11.4 Å². The minimum Gasteiger partial charge on any atom is -0.309 e. The molecule has 0 saturated heterocycles. The van der Waals surface area contributed by atoms with E-state index in [-0.39, 0.29) is 0 Å². The molecule has 2 nitrogen and oxygen atoms in total. The van der Waals surface area contributed by atoms with Crippen LogP contribution in [0.15, 0.2) is 449 Å². The number of fused-ring (bicyclic) bond motifs is 22. The van der Waals surface area contributed by atoms with Gasteiger partial charge in [0.15, 0.2) is 0 Å². The summed E-state index contributed by atoms with van der Waals surface area (Å²) in [4.78, 5) is 0. The van der Waals surface area contributed by atoms with Crippen LogP contribution in [0.4, 0.5) is 0 Å². The van der Waals surface area contributed by atoms with E-state index in [1.165, 1.54) is 240 Å². The second-order valence-corrected chi connectivity index (χ2v) is 32.8. The molecule has 26 aromatic rings. The first kappa shape index (κ1) is 69.2. The Morgan fingerprint density at radius 3 is 0.738 bits per heavy atom. The van der Waals surface area contributed by atoms with E-state index >= 15 is 0 Å². The molecule has 2 aromatic heterocycles. The lowest BCUT2D eigenvalue weighted by atomic mass is 9.84. The standard InChI is InChI=1S/2C60H37N/c1-3-15-43-35-45(23-21-38(43)11-1)46-27-32-53-54(37-46)58(47-24-22-39-12-2-4-16-44(39)36-47)52-20-10-9-19-51(52)57(53)42-25-30-48(31-26-42)61-55-33-28-40-13-5-7-17-49(40)59(55)60-50-18-8-6-14-41(50)29-34-56(60)61;1-2-16-43-36-45(25-24-38(43)12-1)58-52-22-10-9-21-51(52)57(53-33-28-44(37-54(53)58)48-23-11-17-39-13-3-6-18-47(39)48)42-26-31-46(32-27-42)61-55-34-29-40-14-4-7-19-49(40)59(55)60-50-20-8-5-15-41(50)30-35-56(60)61/h2*1-37H. The molecule has 0 bridgehead atoms. The van der Waals surface area contributed by atoms with E-state index in [9.17, 15) is 0 Å². The third kappa shape index (κ3) is 11.0. The van der Waals surface area contributed by atoms with Crippen molar-refractivity contribution in [2.24, 2.45) is 0 Å². The molecule has 0 aliphatic carbocycles. The van der Waals surface area contributed by atoms with Crippen molar-refractivity contribution in [1.29, 1.82) is 0 Å². The lowest BCUT2D eigenvalue weighted by Gasteiger charge is -2.19. The van der Waals surface area contributed by atoms with E-state index < -0.39 is 0 Å². The van der Waals surface area contributed by atoms with Crippen LogP contribution in [0.2, 0.25) is 0 Å². The average Bonchev–Trinajstić information content (AvgIpc) is 1.47. The van der Waals surface area contributed by atoms with Crippen LogP contribution >= 0.6 is 0 Å². The molecule has 0 radical (unpaired) electrons. The summed E-state index contributed by atoms with van der Waals surface area (Å²) in [5, 5.41) is 35.3.